The third-order valence-electron chi connectivity index (χ3n) is 7.70. The number of nitrogens with one attached hydrogen (secondary N) is 2. The summed E-state index contributed by atoms with van der Waals surface area (Å²) in [6.07, 6.45) is 1.78. The molecule has 2 N–H and O–H groups in total. The van der Waals surface area contributed by atoms with Crippen molar-refractivity contribution in [2.45, 2.75) is 12.8 Å². The van der Waals surface area contributed by atoms with Gasteiger partial charge < -0.3 is 20.1 Å². The molecule has 7 nitrogen and oxygen atoms in total. The van der Waals surface area contributed by atoms with Gasteiger partial charge >= 0.3 is 6.03 Å². The van der Waals surface area contributed by atoms with Crippen LogP contribution in [0.15, 0.2) is 89.9 Å². The molecule has 43 heavy (non-hydrogen) atoms. The Balaban J connectivity index is 1.41. The molecule has 1 aliphatic carbocycles. The number of hydrogen-bond acceptors (Lipinski definition) is 4. The molecule has 0 saturated carbocycles. The summed E-state index contributed by atoms with van der Waals surface area (Å²) >= 11 is 18.1. The second-order valence-electron chi connectivity index (χ2n) is 10.6. The maximum Gasteiger partial charge on any atom is 0.317 e. The molecule has 2 aliphatic heterocycles. The molecule has 2 amide bonds. The predicted octanol–water partition coefficient (Wildman–Crippen LogP) is 7.74. The summed E-state index contributed by atoms with van der Waals surface area (Å²) in [5, 5.41) is 8.60. The van der Waals surface area contributed by atoms with E-state index < -0.39 is 0 Å². The molecule has 0 atom stereocenters. The average Bonchev–Trinajstić information content (AvgIpc) is 3.03. The SMILES string of the molecule is O=C(NCCCl)N1CCC(CN=c2cc3n(-c4ccc(Cl)cc4)c4ccccc4nc-3cc2Nc2ccc(Cl)cc2)CC1. The standard InChI is InChI=1S/C33H31Cl3N6O/c34-15-16-37-33(43)41-17-13-22(14-18-41)21-38-28-20-32-30(19-29(28)39-25-9-5-23(35)6-10-25)40-27-3-1-2-4-31(27)42(32)26-11-7-24(36)8-12-26/h1-12,19-20,22,39H,13-18,21H2,(H,37,43). The van der Waals surface area contributed by atoms with Crippen LogP contribution in [0.25, 0.3) is 28.1 Å². The number of para-hydroxylation sites is 2. The van der Waals surface area contributed by atoms with Crippen LogP contribution in [0, 0.1) is 5.92 Å². The van der Waals surface area contributed by atoms with E-state index in [9.17, 15) is 4.79 Å². The Morgan fingerprint density at radius 3 is 2.35 bits per heavy atom. The van der Waals surface area contributed by atoms with Crippen LogP contribution in [-0.4, -0.2) is 52.5 Å². The fourth-order valence-electron chi connectivity index (χ4n) is 5.44. The number of nitrogens with zero attached hydrogens (tertiary/aromatic N) is 4. The third-order valence-corrected chi connectivity index (χ3v) is 8.39. The summed E-state index contributed by atoms with van der Waals surface area (Å²) in [6.45, 7) is 2.53. The molecule has 0 spiro atoms. The smallest absolute Gasteiger partial charge is 0.317 e. The molecule has 2 heterocycles. The summed E-state index contributed by atoms with van der Waals surface area (Å²) in [4.78, 5) is 24.4. The zero-order valence-electron chi connectivity index (χ0n) is 23.4. The monoisotopic (exact) mass is 632 g/mol. The number of halogens is 3. The van der Waals surface area contributed by atoms with E-state index in [0.29, 0.717) is 48.0 Å². The van der Waals surface area contributed by atoms with Crippen LogP contribution in [0.5, 0.6) is 0 Å². The average molecular weight is 634 g/mol. The number of carbonyl (C=O) groups excluding carboxylic acids is 1. The Bertz CT molecular complexity index is 1760. The Kier molecular flexibility index (Phi) is 9.03. The molecule has 220 valence electrons. The van der Waals surface area contributed by atoms with Crippen LogP contribution in [0.3, 0.4) is 0 Å². The summed E-state index contributed by atoms with van der Waals surface area (Å²) in [7, 11) is 0. The lowest BCUT2D eigenvalue weighted by atomic mass is 9.97. The number of fused-ring (bicyclic) bond motifs is 2. The van der Waals surface area contributed by atoms with E-state index in [0.717, 1.165) is 57.7 Å². The number of aromatic nitrogens is 2. The highest BCUT2D eigenvalue weighted by Gasteiger charge is 2.23. The van der Waals surface area contributed by atoms with Crippen molar-refractivity contribution in [2.24, 2.45) is 10.9 Å². The zero-order chi connectivity index (χ0) is 29.8. The first-order valence-corrected chi connectivity index (χ1v) is 15.6. The van der Waals surface area contributed by atoms with E-state index in [-0.39, 0.29) is 6.03 Å². The minimum atomic E-state index is -0.0495. The Morgan fingerprint density at radius 1 is 0.930 bits per heavy atom. The Hall–Kier alpha value is -3.78. The highest BCUT2D eigenvalue weighted by Crippen LogP contribution is 2.31. The van der Waals surface area contributed by atoms with E-state index in [1.807, 2.05) is 71.6 Å². The molecule has 0 unspecified atom stereocenters. The normalized spacial score (nSPS) is 14.4. The second kappa shape index (κ2) is 13.2. The largest absolute Gasteiger partial charge is 0.354 e. The van der Waals surface area contributed by atoms with Crippen molar-refractivity contribution < 1.29 is 4.79 Å². The molecule has 1 fully saturated rings. The molecule has 1 saturated heterocycles. The van der Waals surface area contributed by atoms with E-state index in [1.54, 1.807) is 0 Å². The van der Waals surface area contributed by atoms with Crippen molar-refractivity contribution in [3.8, 4) is 17.1 Å². The minimum Gasteiger partial charge on any atom is -0.354 e. The predicted molar refractivity (Wildman–Crippen MR) is 176 cm³/mol. The van der Waals surface area contributed by atoms with Crippen molar-refractivity contribution in [1.29, 1.82) is 0 Å². The van der Waals surface area contributed by atoms with Crippen molar-refractivity contribution in [1.82, 2.24) is 19.8 Å². The van der Waals surface area contributed by atoms with Crippen LogP contribution in [-0.2, 0) is 0 Å². The van der Waals surface area contributed by atoms with Crippen LogP contribution in [0.2, 0.25) is 10.0 Å². The van der Waals surface area contributed by atoms with Gasteiger partial charge in [0.25, 0.3) is 0 Å². The molecule has 10 heteroatoms. The van der Waals surface area contributed by atoms with Gasteiger partial charge in [0.1, 0.15) is 0 Å². The highest BCUT2D eigenvalue weighted by molar-refractivity contribution is 6.30. The van der Waals surface area contributed by atoms with Gasteiger partial charge in [-0.05, 0) is 91.6 Å². The molecule has 0 bridgehead atoms. The number of benzene rings is 4. The number of alkyl halides is 1. The first-order valence-electron chi connectivity index (χ1n) is 14.3. The lowest BCUT2D eigenvalue weighted by Gasteiger charge is -2.31. The van der Waals surface area contributed by atoms with Gasteiger partial charge in [0.05, 0.1) is 33.5 Å². The van der Waals surface area contributed by atoms with Crippen LogP contribution >= 0.6 is 34.8 Å². The second-order valence-corrected chi connectivity index (χ2v) is 11.8. The van der Waals surface area contributed by atoms with Gasteiger partial charge in [0.15, 0.2) is 0 Å². The Labute approximate surface area is 265 Å². The van der Waals surface area contributed by atoms with E-state index in [4.69, 9.17) is 44.8 Å². The van der Waals surface area contributed by atoms with Crippen LogP contribution in [0.4, 0.5) is 16.2 Å². The van der Waals surface area contributed by atoms with E-state index in [2.05, 4.69) is 33.4 Å². The number of anilines is 2. The maximum atomic E-state index is 12.4. The van der Waals surface area contributed by atoms with Crippen molar-refractivity contribution >= 4 is 63.2 Å². The molecule has 6 rings (SSSR count). The number of urea groups is 1. The van der Waals surface area contributed by atoms with Crippen molar-refractivity contribution in [3.05, 3.63) is 100 Å². The topological polar surface area (TPSA) is 74.5 Å². The lowest BCUT2D eigenvalue weighted by Crippen LogP contribution is -2.45. The number of amides is 2. The maximum absolute atomic E-state index is 12.4. The molecular formula is C33H31Cl3N6O. The fraction of sp³-hybridized carbons (Fsp3) is 0.242. The first kappa shape index (κ1) is 29.3. The molecule has 0 radical (unpaired) electrons. The van der Waals surface area contributed by atoms with Crippen molar-refractivity contribution in [2.75, 3.05) is 37.4 Å². The van der Waals surface area contributed by atoms with Gasteiger partial charge in [-0.3, -0.25) is 4.99 Å². The number of hydrogen-bond donors (Lipinski definition) is 2. The molecule has 3 aromatic carbocycles. The number of carbonyl (C=O) groups is 1. The summed E-state index contributed by atoms with van der Waals surface area (Å²) < 4.78 is 2.21. The minimum absolute atomic E-state index is 0.0495. The molecule has 0 aromatic heterocycles. The molecular weight excluding hydrogens is 603 g/mol. The summed E-state index contributed by atoms with van der Waals surface area (Å²) in [6, 6.07) is 27.7. The lowest BCUT2D eigenvalue weighted by molar-refractivity contribution is 0.172. The number of rotatable bonds is 7. The third kappa shape index (κ3) is 6.74. The van der Waals surface area contributed by atoms with Gasteiger partial charge in [0.2, 0.25) is 0 Å². The van der Waals surface area contributed by atoms with E-state index in [1.165, 1.54) is 0 Å². The highest BCUT2D eigenvalue weighted by atomic mass is 35.5. The van der Waals surface area contributed by atoms with Gasteiger partial charge in [-0.2, -0.15) is 0 Å². The Morgan fingerprint density at radius 2 is 1.63 bits per heavy atom. The van der Waals surface area contributed by atoms with Crippen LogP contribution in [0.1, 0.15) is 12.8 Å². The van der Waals surface area contributed by atoms with Gasteiger partial charge in [0, 0.05) is 53.5 Å². The van der Waals surface area contributed by atoms with Gasteiger partial charge in [-0.25, -0.2) is 9.78 Å². The quantitative estimate of drug-likeness (QED) is 0.142. The van der Waals surface area contributed by atoms with Crippen LogP contribution < -0.4 is 16.0 Å². The molecule has 3 aromatic rings. The number of piperidine rings is 1. The van der Waals surface area contributed by atoms with Gasteiger partial charge in [-0.1, -0.05) is 35.3 Å². The van der Waals surface area contributed by atoms with E-state index >= 15 is 0 Å². The zero-order valence-corrected chi connectivity index (χ0v) is 25.7. The summed E-state index contributed by atoms with van der Waals surface area (Å²) in [5.41, 5.74) is 6.39. The summed E-state index contributed by atoms with van der Waals surface area (Å²) in [5.74, 6) is 0.775. The fourth-order valence-corrected chi connectivity index (χ4v) is 5.79. The molecule has 3 aliphatic rings. The van der Waals surface area contributed by atoms with Crippen molar-refractivity contribution in [3.63, 3.8) is 0 Å². The first-order chi connectivity index (χ1) is 21.0. The van der Waals surface area contributed by atoms with Gasteiger partial charge in [-0.15, -0.1) is 11.6 Å². The number of likely N-dealkylation sites (tertiary alicyclic amines) is 1.